The number of hydrogen-bond donors (Lipinski definition) is 1. The quantitative estimate of drug-likeness (QED) is 0.875. The summed E-state index contributed by atoms with van der Waals surface area (Å²) in [5.74, 6) is -0.242. The highest BCUT2D eigenvalue weighted by Gasteiger charge is 2.38. The highest BCUT2D eigenvalue weighted by Crippen LogP contribution is 2.32. The Morgan fingerprint density at radius 2 is 2.04 bits per heavy atom. The molecule has 1 N–H and O–H groups in total. The monoisotopic (exact) mass is 386 g/mol. The summed E-state index contributed by atoms with van der Waals surface area (Å²) >= 11 is 1.43. The van der Waals surface area contributed by atoms with Crippen LogP contribution in [0, 0.1) is 19.8 Å². The lowest BCUT2D eigenvalue weighted by molar-refractivity contribution is -0.129. The first-order valence-electron chi connectivity index (χ1n) is 9.63. The van der Waals surface area contributed by atoms with Gasteiger partial charge >= 0.3 is 0 Å². The third-order valence-corrected chi connectivity index (χ3v) is 6.84. The van der Waals surface area contributed by atoms with Gasteiger partial charge in [0.15, 0.2) is 5.13 Å². The molecule has 2 fully saturated rings. The Morgan fingerprint density at radius 3 is 2.70 bits per heavy atom. The van der Waals surface area contributed by atoms with E-state index in [1.165, 1.54) is 29.9 Å². The van der Waals surface area contributed by atoms with Crippen LogP contribution in [0.2, 0.25) is 0 Å². The Balaban J connectivity index is 1.42. The van der Waals surface area contributed by atoms with Gasteiger partial charge < -0.3 is 14.8 Å². The lowest BCUT2D eigenvalue weighted by Crippen LogP contribution is -2.35. The van der Waals surface area contributed by atoms with E-state index >= 15 is 0 Å². The lowest BCUT2D eigenvalue weighted by atomic mass is 10.1. The van der Waals surface area contributed by atoms with Crippen molar-refractivity contribution < 1.29 is 9.59 Å². The van der Waals surface area contributed by atoms with E-state index in [1.54, 1.807) is 0 Å². The minimum absolute atomic E-state index is 0.0919. The van der Waals surface area contributed by atoms with E-state index in [2.05, 4.69) is 34.8 Å². The third kappa shape index (κ3) is 3.40. The molecule has 1 saturated heterocycles. The summed E-state index contributed by atoms with van der Waals surface area (Å²) in [6.45, 7) is 4.69. The minimum atomic E-state index is -0.272. The van der Waals surface area contributed by atoms with Crippen LogP contribution < -0.4 is 5.32 Å². The topological polar surface area (TPSA) is 67.2 Å². The van der Waals surface area contributed by atoms with Gasteiger partial charge in [-0.1, -0.05) is 12.8 Å². The third-order valence-electron chi connectivity index (χ3n) is 6.08. The second-order valence-electron chi connectivity index (χ2n) is 7.76. The minimum Gasteiger partial charge on any atom is -0.351 e. The molecule has 2 aromatic rings. The van der Waals surface area contributed by atoms with E-state index in [-0.39, 0.29) is 17.7 Å². The molecule has 1 aliphatic heterocycles. The summed E-state index contributed by atoms with van der Waals surface area (Å²) < 4.78 is 2.13. The molecule has 27 heavy (non-hydrogen) atoms. The maximum Gasteiger partial charge on any atom is 0.231 e. The van der Waals surface area contributed by atoms with Crippen LogP contribution in [-0.2, 0) is 16.6 Å². The predicted octanol–water partition coefficient (Wildman–Crippen LogP) is 3.50. The van der Waals surface area contributed by atoms with Crippen molar-refractivity contribution in [3.63, 3.8) is 0 Å². The number of aromatic nitrogens is 2. The van der Waals surface area contributed by atoms with Crippen molar-refractivity contribution in [2.45, 2.75) is 52.0 Å². The average molecular weight is 387 g/mol. The zero-order chi connectivity index (χ0) is 19.1. The molecular weight excluding hydrogens is 360 g/mol. The normalized spacial score (nSPS) is 20.6. The smallest absolute Gasteiger partial charge is 0.231 e. The van der Waals surface area contributed by atoms with E-state index < -0.39 is 0 Å². The molecule has 0 aromatic carbocycles. The molecule has 2 aliphatic rings. The molecule has 6 nitrogen and oxygen atoms in total. The number of anilines is 1. The number of thiazole rings is 1. The predicted molar refractivity (Wildman–Crippen MR) is 107 cm³/mol. The largest absolute Gasteiger partial charge is 0.351 e. The van der Waals surface area contributed by atoms with Gasteiger partial charge in [-0.15, -0.1) is 11.3 Å². The fourth-order valence-electron chi connectivity index (χ4n) is 4.25. The van der Waals surface area contributed by atoms with Crippen molar-refractivity contribution in [2.24, 2.45) is 13.0 Å². The molecule has 1 atom stereocenters. The first-order chi connectivity index (χ1) is 12.9. The summed E-state index contributed by atoms with van der Waals surface area (Å²) in [5, 5.41) is 5.50. The summed E-state index contributed by atoms with van der Waals surface area (Å²) in [6, 6.07) is 2.46. The molecule has 0 spiro atoms. The Hall–Kier alpha value is -2.15. The standard InChI is InChI=1S/C20H26N4O2S/c1-12-8-16(13(2)23(12)3)17-11-27-20(21-17)22-19(26)14-9-18(25)24(10-14)15-6-4-5-7-15/h8,11,14-15H,4-7,9-10H2,1-3H3,(H,21,22,26)/t14-/m1/s1. The highest BCUT2D eigenvalue weighted by molar-refractivity contribution is 7.14. The van der Waals surface area contributed by atoms with Crippen molar-refractivity contribution in [1.29, 1.82) is 0 Å². The van der Waals surface area contributed by atoms with Gasteiger partial charge in [0, 0.05) is 48.4 Å². The Kier molecular flexibility index (Phi) is 4.80. The summed E-state index contributed by atoms with van der Waals surface area (Å²) in [5.41, 5.74) is 4.31. The number of carbonyl (C=O) groups is 2. The van der Waals surface area contributed by atoms with Crippen molar-refractivity contribution >= 4 is 28.3 Å². The Bertz CT molecular complexity index is 879. The molecule has 2 aromatic heterocycles. The fraction of sp³-hybridized carbons (Fsp3) is 0.550. The molecule has 2 amide bonds. The first kappa shape index (κ1) is 18.2. The van der Waals surface area contributed by atoms with E-state index in [9.17, 15) is 9.59 Å². The van der Waals surface area contributed by atoms with E-state index in [4.69, 9.17) is 0 Å². The molecule has 7 heteroatoms. The van der Waals surface area contributed by atoms with Crippen LogP contribution in [0.4, 0.5) is 5.13 Å². The molecule has 1 aliphatic carbocycles. The zero-order valence-corrected chi connectivity index (χ0v) is 16.9. The van der Waals surface area contributed by atoms with Gasteiger partial charge in [-0.3, -0.25) is 9.59 Å². The number of aryl methyl sites for hydroxylation is 1. The maximum atomic E-state index is 12.7. The van der Waals surface area contributed by atoms with Crippen molar-refractivity contribution in [2.75, 3.05) is 11.9 Å². The second-order valence-corrected chi connectivity index (χ2v) is 8.61. The van der Waals surface area contributed by atoms with Crippen LogP contribution in [-0.4, -0.2) is 38.9 Å². The van der Waals surface area contributed by atoms with Crippen molar-refractivity contribution in [3.8, 4) is 11.3 Å². The fourth-order valence-corrected chi connectivity index (χ4v) is 4.97. The van der Waals surface area contributed by atoms with Crippen molar-refractivity contribution in [3.05, 3.63) is 22.8 Å². The number of likely N-dealkylation sites (tertiary alicyclic amines) is 1. The van der Waals surface area contributed by atoms with Gasteiger partial charge in [-0.2, -0.15) is 0 Å². The molecule has 4 rings (SSSR count). The lowest BCUT2D eigenvalue weighted by Gasteiger charge is -2.23. The molecule has 0 bridgehead atoms. The van der Waals surface area contributed by atoms with E-state index in [0.717, 1.165) is 29.8 Å². The van der Waals surface area contributed by atoms with Crippen LogP contribution in [0.1, 0.15) is 43.5 Å². The first-order valence-corrected chi connectivity index (χ1v) is 10.5. The van der Waals surface area contributed by atoms with Gasteiger partial charge in [0.2, 0.25) is 11.8 Å². The van der Waals surface area contributed by atoms with Gasteiger partial charge in [0.1, 0.15) is 0 Å². The number of nitrogens with one attached hydrogen (secondary N) is 1. The summed E-state index contributed by atoms with van der Waals surface area (Å²) in [4.78, 5) is 31.5. The average Bonchev–Trinajstić information content (AvgIpc) is 3.40. The van der Waals surface area contributed by atoms with Gasteiger partial charge in [-0.05, 0) is 32.8 Å². The Morgan fingerprint density at radius 1 is 1.30 bits per heavy atom. The highest BCUT2D eigenvalue weighted by atomic mass is 32.1. The van der Waals surface area contributed by atoms with Crippen LogP contribution in [0.3, 0.4) is 0 Å². The number of carbonyl (C=O) groups excluding carboxylic acids is 2. The van der Waals surface area contributed by atoms with Crippen LogP contribution in [0.25, 0.3) is 11.3 Å². The van der Waals surface area contributed by atoms with Crippen LogP contribution in [0.5, 0.6) is 0 Å². The molecule has 1 saturated carbocycles. The summed E-state index contributed by atoms with van der Waals surface area (Å²) in [7, 11) is 2.04. The van der Waals surface area contributed by atoms with Gasteiger partial charge in [-0.25, -0.2) is 4.98 Å². The number of nitrogens with zero attached hydrogens (tertiary/aromatic N) is 3. The second kappa shape index (κ2) is 7.11. The molecule has 144 valence electrons. The van der Waals surface area contributed by atoms with Gasteiger partial charge in [0.05, 0.1) is 11.6 Å². The van der Waals surface area contributed by atoms with Crippen LogP contribution in [0.15, 0.2) is 11.4 Å². The summed E-state index contributed by atoms with van der Waals surface area (Å²) in [6.07, 6.45) is 4.84. The van der Waals surface area contributed by atoms with Gasteiger partial charge in [0.25, 0.3) is 0 Å². The number of amides is 2. The number of hydrogen-bond acceptors (Lipinski definition) is 4. The molecule has 0 unspecified atom stereocenters. The van der Waals surface area contributed by atoms with E-state index in [0.29, 0.717) is 24.1 Å². The number of rotatable bonds is 4. The maximum absolute atomic E-state index is 12.7. The van der Waals surface area contributed by atoms with E-state index in [1.807, 2.05) is 17.3 Å². The van der Waals surface area contributed by atoms with Crippen molar-refractivity contribution in [1.82, 2.24) is 14.5 Å². The molecule has 0 radical (unpaired) electrons. The molecular formula is C20H26N4O2S. The van der Waals surface area contributed by atoms with Crippen LogP contribution >= 0.6 is 11.3 Å². The Labute approximate surface area is 163 Å². The molecule has 3 heterocycles. The SMILES string of the molecule is Cc1cc(-c2csc(NC(=O)[C@@H]3CC(=O)N(C4CCCC4)C3)n2)c(C)n1C. The zero-order valence-electron chi connectivity index (χ0n) is 16.1.